The van der Waals surface area contributed by atoms with Crippen molar-refractivity contribution >= 4 is 5.96 Å². The third-order valence-electron chi connectivity index (χ3n) is 3.79. The molecule has 122 valence electrons. The van der Waals surface area contributed by atoms with Crippen LogP contribution in [0, 0.1) is 0 Å². The van der Waals surface area contributed by atoms with Gasteiger partial charge in [0.15, 0.2) is 5.96 Å². The van der Waals surface area contributed by atoms with Gasteiger partial charge in [-0.05, 0) is 6.07 Å². The first-order valence-corrected chi connectivity index (χ1v) is 7.84. The van der Waals surface area contributed by atoms with Crippen molar-refractivity contribution in [3.8, 4) is 5.88 Å². The first-order chi connectivity index (χ1) is 11.3. The molecule has 7 nitrogen and oxygen atoms in total. The quantitative estimate of drug-likeness (QED) is 0.659. The highest BCUT2D eigenvalue weighted by atomic mass is 16.5. The van der Waals surface area contributed by atoms with Crippen LogP contribution < -0.4 is 10.1 Å². The van der Waals surface area contributed by atoms with E-state index in [1.54, 1.807) is 12.4 Å². The lowest BCUT2D eigenvalue weighted by Crippen LogP contribution is -2.42. The fourth-order valence-electron chi connectivity index (χ4n) is 2.65. The fourth-order valence-corrected chi connectivity index (χ4v) is 2.65. The Hall–Kier alpha value is -2.57. The molecule has 1 unspecified atom stereocenters. The molecular formula is C16H22N6O. The largest absolute Gasteiger partial charge is 0.472 e. The molecule has 0 amide bonds. The highest BCUT2D eigenvalue weighted by Crippen LogP contribution is 2.16. The molecule has 1 atom stereocenters. The van der Waals surface area contributed by atoms with Gasteiger partial charge in [0, 0.05) is 57.8 Å². The van der Waals surface area contributed by atoms with Crippen LogP contribution in [0.25, 0.3) is 0 Å². The third-order valence-corrected chi connectivity index (χ3v) is 3.79. The number of imidazole rings is 1. The molecule has 1 fully saturated rings. The molecular weight excluding hydrogens is 292 g/mol. The number of likely N-dealkylation sites (tertiary alicyclic amines) is 1. The van der Waals surface area contributed by atoms with Crippen LogP contribution in [0.2, 0.25) is 0 Å². The number of hydrogen-bond donors (Lipinski definition) is 1. The first kappa shape index (κ1) is 15.3. The summed E-state index contributed by atoms with van der Waals surface area (Å²) in [5, 5.41) is 3.39. The van der Waals surface area contributed by atoms with Crippen molar-refractivity contribution in [2.75, 3.05) is 26.7 Å². The minimum Gasteiger partial charge on any atom is -0.472 e. The van der Waals surface area contributed by atoms with E-state index >= 15 is 0 Å². The summed E-state index contributed by atoms with van der Waals surface area (Å²) in [6, 6.07) is 5.71. The maximum atomic E-state index is 5.92. The maximum absolute atomic E-state index is 5.92. The number of pyridine rings is 1. The molecule has 0 spiro atoms. The Morgan fingerprint density at radius 1 is 1.43 bits per heavy atom. The molecule has 0 bridgehead atoms. The van der Waals surface area contributed by atoms with Crippen molar-refractivity contribution < 1.29 is 4.74 Å². The van der Waals surface area contributed by atoms with Crippen molar-refractivity contribution in [3.63, 3.8) is 0 Å². The Labute approximate surface area is 136 Å². The smallest absolute Gasteiger partial charge is 0.213 e. The average Bonchev–Trinajstić information content (AvgIpc) is 3.25. The summed E-state index contributed by atoms with van der Waals surface area (Å²) in [5.74, 6) is 1.60. The van der Waals surface area contributed by atoms with E-state index in [2.05, 4.69) is 25.2 Å². The second-order valence-electron chi connectivity index (χ2n) is 5.42. The van der Waals surface area contributed by atoms with Gasteiger partial charge >= 0.3 is 0 Å². The zero-order valence-electron chi connectivity index (χ0n) is 13.3. The van der Waals surface area contributed by atoms with Crippen LogP contribution in [-0.2, 0) is 6.54 Å². The van der Waals surface area contributed by atoms with Gasteiger partial charge < -0.3 is 19.5 Å². The first-order valence-electron chi connectivity index (χ1n) is 7.84. The lowest BCUT2D eigenvalue weighted by atomic mass is 10.3. The predicted molar refractivity (Wildman–Crippen MR) is 88.4 cm³/mol. The van der Waals surface area contributed by atoms with E-state index < -0.39 is 0 Å². The zero-order valence-corrected chi connectivity index (χ0v) is 13.3. The summed E-state index contributed by atoms with van der Waals surface area (Å²) in [7, 11) is 1.81. The molecule has 0 radical (unpaired) electrons. The minimum absolute atomic E-state index is 0.150. The van der Waals surface area contributed by atoms with E-state index in [9.17, 15) is 0 Å². The van der Waals surface area contributed by atoms with Gasteiger partial charge in [0.05, 0.1) is 12.9 Å². The normalized spacial score (nSPS) is 18.2. The molecule has 23 heavy (non-hydrogen) atoms. The second-order valence-corrected chi connectivity index (χ2v) is 5.42. The van der Waals surface area contributed by atoms with Gasteiger partial charge in [0.1, 0.15) is 6.10 Å². The predicted octanol–water partition coefficient (Wildman–Crippen LogP) is 1.01. The minimum atomic E-state index is 0.150. The van der Waals surface area contributed by atoms with Gasteiger partial charge in [-0.3, -0.25) is 4.99 Å². The van der Waals surface area contributed by atoms with Crippen LogP contribution in [-0.4, -0.2) is 58.2 Å². The molecule has 0 saturated carbocycles. The van der Waals surface area contributed by atoms with E-state index in [1.165, 1.54) is 0 Å². The number of nitrogens with one attached hydrogen (secondary N) is 1. The Morgan fingerprint density at radius 3 is 3.13 bits per heavy atom. The van der Waals surface area contributed by atoms with E-state index in [1.807, 2.05) is 42.3 Å². The Bertz CT molecular complexity index is 613. The molecule has 1 saturated heterocycles. The van der Waals surface area contributed by atoms with Crippen molar-refractivity contribution in [2.24, 2.45) is 4.99 Å². The van der Waals surface area contributed by atoms with Crippen LogP contribution >= 0.6 is 0 Å². The van der Waals surface area contributed by atoms with E-state index in [4.69, 9.17) is 4.74 Å². The molecule has 1 N–H and O–H groups in total. The fraction of sp³-hybridized carbons (Fsp3) is 0.438. The molecule has 2 aromatic heterocycles. The number of ether oxygens (including phenoxy) is 1. The lowest BCUT2D eigenvalue weighted by Gasteiger charge is -2.21. The van der Waals surface area contributed by atoms with Crippen molar-refractivity contribution in [1.29, 1.82) is 0 Å². The standard InChI is InChI=1S/C16H22N6O/c1-17-16(20-8-11-21-10-7-18-13-21)22-9-5-14(12-22)23-15-4-2-3-6-19-15/h2-4,6-7,10,13-14H,5,8-9,11-12H2,1H3,(H,17,20). The van der Waals surface area contributed by atoms with E-state index in [0.717, 1.165) is 38.6 Å². The molecule has 3 rings (SSSR count). The van der Waals surface area contributed by atoms with Crippen LogP contribution in [0.4, 0.5) is 0 Å². The average molecular weight is 314 g/mol. The zero-order chi connectivity index (χ0) is 15.9. The number of rotatable bonds is 5. The van der Waals surface area contributed by atoms with Crippen molar-refractivity contribution in [2.45, 2.75) is 19.1 Å². The Kier molecular flexibility index (Phi) is 5.08. The van der Waals surface area contributed by atoms with Gasteiger partial charge in [0.25, 0.3) is 0 Å². The second kappa shape index (κ2) is 7.62. The molecule has 7 heteroatoms. The Balaban J connectivity index is 1.46. The van der Waals surface area contributed by atoms with Crippen LogP contribution in [0.1, 0.15) is 6.42 Å². The van der Waals surface area contributed by atoms with Crippen LogP contribution in [0.5, 0.6) is 5.88 Å². The van der Waals surface area contributed by atoms with Gasteiger partial charge in [-0.2, -0.15) is 0 Å². The van der Waals surface area contributed by atoms with E-state index in [0.29, 0.717) is 5.88 Å². The summed E-state index contributed by atoms with van der Waals surface area (Å²) in [5.41, 5.74) is 0. The van der Waals surface area contributed by atoms with Crippen LogP contribution in [0.3, 0.4) is 0 Å². The summed E-state index contributed by atoms with van der Waals surface area (Å²) in [4.78, 5) is 14.8. The summed E-state index contributed by atoms with van der Waals surface area (Å²) >= 11 is 0. The maximum Gasteiger partial charge on any atom is 0.213 e. The monoisotopic (exact) mass is 314 g/mol. The van der Waals surface area contributed by atoms with Crippen molar-refractivity contribution in [3.05, 3.63) is 43.1 Å². The number of hydrogen-bond acceptors (Lipinski definition) is 4. The summed E-state index contributed by atoms with van der Waals surface area (Å²) in [6.07, 6.45) is 8.43. The molecule has 0 aliphatic carbocycles. The lowest BCUT2D eigenvalue weighted by molar-refractivity contribution is 0.205. The number of nitrogens with zero attached hydrogens (tertiary/aromatic N) is 5. The SMILES string of the molecule is CN=C(NCCn1ccnc1)N1CCC(Oc2ccccn2)C1. The summed E-state index contributed by atoms with van der Waals surface area (Å²) < 4.78 is 7.95. The van der Waals surface area contributed by atoms with Gasteiger partial charge in [-0.25, -0.2) is 9.97 Å². The highest BCUT2D eigenvalue weighted by Gasteiger charge is 2.26. The van der Waals surface area contributed by atoms with Crippen LogP contribution in [0.15, 0.2) is 48.1 Å². The van der Waals surface area contributed by atoms with Crippen molar-refractivity contribution in [1.82, 2.24) is 24.8 Å². The van der Waals surface area contributed by atoms with E-state index in [-0.39, 0.29) is 6.10 Å². The molecule has 1 aliphatic rings. The third kappa shape index (κ3) is 4.21. The molecule has 1 aliphatic heterocycles. The van der Waals surface area contributed by atoms with Gasteiger partial charge in [-0.1, -0.05) is 6.07 Å². The number of guanidine groups is 1. The van der Waals surface area contributed by atoms with Gasteiger partial charge in [0.2, 0.25) is 5.88 Å². The Morgan fingerprint density at radius 2 is 2.39 bits per heavy atom. The topological polar surface area (TPSA) is 67.6 Å². The molecule has 0 aromatic carbocycles. The molecule has 2 aromatic rings. The highest BCUT2D eigenvalue weighted by molar-refractivity contribution is 5.80. The summed E-state index contributed by atoms with van der Waals surface area (Å²) in [6.45, 7) is 3.43. The number of aromatic nitrogens is 3. The number of aliphatic imine (C=N–C) groups is 1. The molecule has 3 heterocycles. The van der Waals surface area contributed by atoms with Gasteiger partial charge in [-0.15, -0.1) is 0 Å².